The van der Waals surface area contributed by atoms with Crippen molar-refractivity contribution in [1.82, 2.24) is 14.2 Å². The standard InChI is InChI=1S/C14H18ClN3O5S/c1-3-7-17-10(19)8-18(24(2,22)23)12(14(20)21)11(17)9-5-4-6-16-13(9)15/h4-6,11-12H,3,7-8H2,1-2H3,(H,20,21)/t11-,12+/m0/s1. The van der Waals surface area contributed by atoms with Crippen LogP contribution < -0.4 is 0 Å². The van der Waals surface area contributed by atoms with Crippen LogP contribution in [0.4, 0.5) is 0 Å². The first kappa shape index (κ1) is 18.6. The predicted molar refractivity (Wildman–Crippen MR) is 87.0 cm³/mol. The Morgan fingerprint density at radius 1 is 1.50 bits per heavy atom. The van der Waals surface area contributed by atoms with Gasteiger partial charge in [-0.05, 0) is 12.5 Å². The van der Waals surface area contributed by atoms with Gasteiger partial charge in [-0.25, -0.2) is 13.4 Å². The number of sulfonamides is 1. The third-order valence-corrected chi connectivity index (χ3v) is 5.33. The lowest BCUT2D eigenvalue weighted by atomic mass is 9.96. The van der Waals surface area contributed by atoms with E-state index in [1.807, 2.05) is 6.92 Å². The average molecular weight is 376 g/mol. The highest BCUT2D eigenvalue weighted by molar-refractivity contribution is 7.88. The van der Waals surface area contributed by atoms with Gasteiger partial charge in [0.25, 0.3) is 0 Å². The normalized spacial score (nSPS) is 22.6. The molecule has 132 valence electrons. The minimum absolute atomic E-state index is 0.0398. The highest BCUT2D eigenvalue weighted by atomic mass is 35.5. The lowest BCUT2D eigenvalue weighted by molar-refractivity contribution is -0.153. The fourth-order valence-electron chi connectivity index (χ4n) is 2.85. The number of carboxylic acid groups (broad SMARTS) is 1. The van der Waals surface area contributed by atoms with Gasteiger partial charge in [0.15, 0.2) is 0 Å². The number of halogens is 1. The van der Waals surface area contributed by atoms with Gasteiger partial charge < -0.3 is 10.0 Å². The van der Waals surface area contributed by atoms with Crippen molar-refractivity contribution < 1.29 is 23.1 Å². The summed E-state index contributed by atoms with van der Waals surface area (Å²) in [6, 6.07) is 0.608. The Kier molecular flexibility index (Phi) is 5.46. The Labute approximate surface area is 145 Å². The lowest BCUT2D eigenvalue weighted by Crippen LogP contribution is -2.61. The van der Waals surface area contributed by atoms with Crippen LogP contribution in [-0.2, 0) is 19.6 Å². The van der Waals surface area contributed by atoms with Gasteiger partial charge in [-0.2, -0.15) is 4.31 Å². The van der Waals surface area contributed by atoms with Gasteiger partial charge in [-0.1, -0.05) is 24.6 Å². The van der Waals surface area contributed by atoms with Crippen molar-refractivity contribution in [1.29, 1.82) is 0 Å². The molecule has 1 aliphatic heterocycles. The molecule has 1 aromatic rings. The molecule has 0 spiro atoms. The summed E-state index contributed by atoms with van der Waals surface area (Å²) in [7, 11) is -3.90. The summed E-state index contributed by atoms with van der Waals surface area (Å²) < 4.78 is 24.7. The Morgan fingerprint density at radius 3 is 2.67 bits per heavy atom. The van der Waals surface area contributed by atoms with Crippen molar-refractivity contribution in [3.63, 3.8) is 0 Å². The molecule has 1 N–H and O–H groups in total. The van der Waals surface area contributed by atoms with Crippen LogP contribution in [0.2, 0.25) is 5.15 Å². The van der Waals surface area contributed by atoms with Crippen LogP contribution in [0.1, 0.15) is 24.9 Å². The molecule has 1 amide bonds. The number of amides is 1. The molecule has 1 fully saturated rings. The molecule has 1 saturated heterocycles. The van der Waals surface area contributed by atoms with Crippen molar-refractivity contribution in [2.75, 3.05) is 19.3 Å². The topological polar surface area (TPSA) is 108 Å². The van der Waals surface area contributed by atoms with Gasteiger partial charge >= 0.3 is 5.97 Å². The van der Waals surface area contributed by atoms with E-state index < -0.39 is 40.5 Å². The minimum Gasteiger partial charge on any atom is -0.480 e. The number of piperazine rings is 1. The molecule has 0 bridgehead atoms. The van der Waals surface area contributed by atoms with Crippen LogP contribution in [-0.4, -0.2) is 65.0 Å². The van der Waals surface area contributed by atoms with E-state index in [0.29, 0.717) is 16.3 Å². The average Bonchev–Trinajstić information content (AvgIpc) is 2.48. The summed E-state index contributed by atoms with van der Waals surface area (Å²) in [5.41, 5.74) is 0.307. The molecule has 24 heavy (non-hydrogen) atoms. The molecule has 2 rings (SSSR count). The summed E-state index contributed by atoms with van der Waals surface area (Å²) in [5, 5.41) is 9.70. The van der Waals surface area contributed by atoms with E-state index in [2.05, 4.69) is 4.98 Å². The molecule has 8 nitrogen and oxygen atoms in total. The number of nitrogens with zero attached hydrogens (tertiary/aromatic N) is 3. The van der Waals surface area contributed by atoms with E-state index in [1.54, 1.807) is 12.1 Å². The van der Waals surface area contributed by atoms with Gasteiger partial charge in [-0.3, -0.25) is 9.59 Å². The first-order chi connectivity index (χ1) is 11.2. The summed E-state index contributed by atoms with van der Waals surface area (Å²) >= 11 is 6.09. The second-order valence-corrected chi connectivity index (χ2v) is 7.80. The van der Waals surface area contributed by atoms with Crippen LogP contribution in [0.3, 0.4) is 0 Å². The molecule has 0 radical (unpaired) electrons. The van der Waals surface area contributed by atoms with Crippen LogP contribution in [0.5, 0.6) is 0 Å². The van der Waals surface area contributed by atoms with E-state index in [0.717, 1.165) is 6.26 Å². The van der Waals surface area contributed by atoms with E-state index in [9.17, 15) is 23.1 Å². The maximum absolute atomic E-state index is 12.5. The van der Waals surface area contributed by atoms with Crippen molar-refractivity contribution in [3.8, 4) is 0 Å². The molecule has 2 heterocycles. The Bertz CT molecular complexity index is 755. The fraction of sp³-hybridized carbons (Fsp3) is 0.500. The lowest BCUT2D eigenvalue weighted by Gasteiger charge is -2.44. The molecule has 1 aliphatic rings. The number of carbonyl (C=O) groups is 2. The zero-order valence-electron chi connectivity index (χ0n) is 13.2. The SMILES string of the molecule is CCCN1C(=O)CN(S(C)(=O)=O)[C@@H](C(=O)O)[C@@H]1c1cccnc1Cl. The van der Waals surface area contributed by atoms with E-state index >= 15 is 0 Å². The van der Waals surface area contributed by atoms with Gasteiger partial charge in [0.2, 0.25) is 15.9 Å². The number of pyridine rings is 1. The number of carboxylic acids is 1. The molecule has 0 unspecified atom stereocenters. The zero-order chi connectivity index (χ0) is 18.1. The number of hydrogen-bond acceptors (Lipinski definition) is 5. The minimum atomic E-state index is -3.90. The van der Waals surface area contributed by atoms with Gasteiger partial charge in [0, 0.05) is 18.3 Å². The maximum atomic E-state index is 12.5. The summed E-state index contributed by atoms with van der Waals surface area (Å²) in [6.45, 7) is 1.62. The number of rotatable bonds is 5. The number of aliphatic carboxylic acids is 1. The van der Waals surface area contributed by atoms with E-state index in [4.69, 9.17) is 11.6 Å². The third kappa shape index (κ3) is 3.52. The third-order valence-electron chi connectivity index (χ3n) is 3.81. The van der Waals surface area contributed by atoms with Crippen molar-refractivity contribution in [3.05, 3.63) is 29.0 Å². The molecule has 2 atom stereocenters. The van der Waals surface area contributed by atoms with Crippen LogP contribution in [0.15, 0.2) is 18.3 Å². The molecular formula is C14H18ClN3O5S. The van der Waals surface area contributed by atoms with Crippen LogP contribution in [0.25, 0.3) is 0 Å². The molecule has 10 heteroatoms. The number of aromatic nitrogens is 1. The Hall–Kier alpha value is -1.71. The highest BCUT2D eigenvalue weighted by Gasteiger charge is 2.49. The summed E-state index contributed by atoms with van der Waals surface area (Å²) in [4.78, 5) is 29.6. The summed E-state index contributed by atoms with van der Waals surface area (Å²) in [6.07, 6.45) is 2.91. The predicted octanol–water partition coefficient (Wildman–Crippen LogP) is 0.743. The molecule has 0 saturated carbocycles. The van der Waals surface area contributed by atoms with Crippen molar-refractivity contribution in [2.24, 2.45) is 0 Å². The first-order valence-corrected chi connectivity index (χ1v) is 9.50. The molecular weight excluding hydrogens is 358 g/mol. The van der Waals surface area contributed by atoms with Gasteiger partial charge in [0.05, 0.1) is 18.8 Å². The molecule has 1 aromatic heterocycles. The van der Waals surface area contributed by atoms with E-state index in [1.165, 1.54) is 11.1 Å². The Morgan fingerprint density at radius 2 is 2.17 bits per heavy atom. The summed E-state index contributed by atoms with van der Waals surface area (Å²) in [5.74, 6) is -1.82. The van der Waals surface area contributed by atoms with Crippen LogP contribution >= 0.6 is 11.6 Å². The first-order valence-electron chi connectivity index (χ1n) is 7.28. The quantitative estimate of drug-likeness (QED) is 0.760. The molecule has 0 aliphatic carbocycles. The second kappa shape index (κ2) is 7.04. The monoisotopic (exact) mass is 375 g/mol. The number of carbonyl (C=O) groups excluding carboxylic acids is 1. The van der Waals surface area contributed by atoms with Crippen molar-refractivity contribution >= 4 is 33.5 Å². The van der Waals surface area contributed by atoms with E-state index in [-0.39, 0.29) is 11.7 Å². The van der Waals surface area contributed by atoms with Crippen LogP contribution in [0, 0.1) is 0 Å². The second-order valence-electron chi connectivity index (χ2n) is 5.51. The molecule has 0 aromatic carbocycles. The maximum Gasteiger partial charge on any atom is 0.324 e. The number of hydrogen-bond donors (Lipinski definition) is 1. The Balaban J connectivity index is 2.65. The van der Waals surface area contributed by atoms with Crippen molar-refractivity contribution in [2.45, 2.75) is 25.4 Å². The highest BCUT2D eigenvalue weighted by Crippen LogP contribution is 2.36. The smallest absolute Gasteiger partial charge is 0.324 e. The van der Waals surface area contributed by atoms with Gasteiger partial charge in [-0.15, -0.1) is 0 Å². The van der Waals surface area contributed by atoms with Gasteiger partial charge in [0.1, 0.15) is 11.2 Å². The fourth-order valence-corrected chi connectivity index (χ4v) is 4.04. The zero-order valence-corrected chi connectivity index (χ0v) is 14.8. The largest absolute Gasteiger partial charge is 0.480 e.